The maximum atomic E-state index is 13.0. The fourth-order valence-corrected chi connectivity index (χ4v) is 2.82. The van der Waals surface area contributed by atoms with E-state index in [-0.39, 0.29) is 23.1 Å². The highest BCUT2D eigenvalue weighted by Gasteiger charge is 2.31. The standard InChI is InChI=1S/C22H20F6N4O/c1-20(2,3)32-19-30-17(13-6-4-9-16(10-13)33-22(26,27)28)12-18(31-19)29-15-8-5-7-14(11-15)21(23,24)25/h4-12H,1-3H3,(H2,29,30,31,32). The van der Waals surface area contributed by atoms with Crippen LogP contribution in [0, 0.1) is 0 Å². The van der Waals surface area contributed by atoms with Gasteiger partial charge in [-0.15, -0.1) is 13.2 Å². The summed E-state index contributed by atoms with van der Waals surface area (Å²) in [6.07, 6.45) is -9.38. The third kappa shape index (κ3) is 7.26. The van der Waals surface area contributed by atoms with E-state index in [4.69, 9.17) is 0 Å². The number of anilines is 3. The van der Waals surface area contributed by atoms with Crippen molar-refractivity contribution in [3.63, 3.8) is 0 Å². The first-order chi connectivity index (χ1) is 15.2. The fraction of sp³-hybridized carbons (Fsp3) is 0.273. The molecule has 0 saturated heterocycles. The minimum absolute atomic E-state index is 0.130. The Hall–Kier alpha value is -3.50. The van der Waals surface area contributed by atoms with Crippen molar-refractivity contribution in [1.29, 1.82) is 0 Å². The van der Waals surface area contributed by atoms with E-state index in [0.29, 0.717) is 5.56 Å². The molecule has 33 heavy (non-hydrogen) atoms. The molecule has 0 unspecified atom stereocenters. The van der Waals surface area contributed by atoms with Crippen LogP contribution >= 0.6 is 0 Å². The fourth-order valence-electron chi connectivity index (χ4n) is 2.82. The topological polar surface area (TPSA) is 59.1 Å². The van der Waals surface area contributed by atoms with Gasteiger partial charge in [0.25, 0.3) is 0 Å². The molecule has 3 rings (SSSR count). The maximum Gasteiger partial charge on any atom is 0.573 e. The lowest BCUT2D eigenvalue weighted by molar-refractivity contribution is -0.274. The zero-order valence-corrected chi connectivity index (χ0v) is 17.8. The Morgan fingerprint density at radius 1 is 0.818 bits per heavy atom. The molecule has 3 aromatic rings. The summed E-state index contributed by atoms with van der Waals surface area (Å²) in [5, 5.41) is 5.86. The maximum absolute atomic E-state index is 13.0. The van der Waals surface area contributed by atoms with E-state index in [1.165, 1.54) is 30.3 Å². The van der Waals surface area contributed by atoms with Crippen LogP contribution in [0.4, 0.5) is 43.8 Å². The van der Waals surface area contributed by atoms with Crippen LogP contribution in [0.5, 0.6) is 5.75 Å². The van der Waals surface area contributed by atoms with E-state index >= 15 is 0 Å². The molecule has 5 nitrogen and oxygen atoms in total. The molecule has 0 fully saturated rings. The van der Waals surface area contributed by atoms with Crippen LogP contribution in [-0.4, -0.2) is 21.9 Å². The molecule has 0 atom stereocenters. The number of nitrogens with zero attached hydrogens (tertiary/aromatic N) is 2. The highest BCUT2D eigenvalue weighted by Crippen LogP contribution is 2.33. The number of rotatable bonds is 5. The molecule has 0 aliphatic carbocycles. The molecule has 2 aromatic carbocycles. The monoisotopic (exact) mass is 470 g/mol. The van der Waals surface area contributed by atoms with Crippen LogP contribution in [0.1, 0.15) is 26.3 Å². The first-order valence-electron chi connectivity index (χ1n) is 9.66. The summed E-state index contributed by atoms with van der Waals surface area (Å²) in [6, 6.07) is 11.2. The quantitative estimate of drug-likeness (QED) is 0.393. The van der Waals surface area contributed by atoms with Crippen molar-refractivity contribution in [2.75, 3.05) is 10.6 Å². The van der Waals surface area contributed by atoms with E-state index in [0.717, 1.165) is 24.3 Å². The highest BCUT2D eigenvalue weighted by atomic mass is 19.4. The van der Waals surface area contributed by atoms with Crippen molar-refractivity contribution in [2.24, 2.45) is 0 Å². The van der Waals surface area contributed by atoms with Gasteiger partial charge in [-0.25, -0.2) is 4.98 Å². The van der Waals surface area contributed by atoms with Crippen LogP contribution in [-0.2, 0) is 6.18 Å². The molecule has 1 aromatic heterocycles. The minimum Gasteiger partial charge on any atom is -0.406 e. The second-order valence-corrected chi connectivity index (χ2v) is 8.12. The van der Waals surface area contributed by atoms with Gasteiger partial charge < -0.3 is 15.4 Å². The number of ether oxygens (including phenoxy) is 1. The van der Waals surface area contributed by atoms with Gasteiger partial charge in [0.2, 0.25) is 5.95 Å². The summed E-state index contributed by atoms with van der Waals surface area (Å²) in [5.74, 6) is -0.152. The average molecular weight is 470 g/mol. The highest BCUT2D eigenvalue weighted by molar-refractivity contribution is 5.68. The summed E-state index contributed by atoms with van der Waals surface area (Å²) >= 11 is 0. The zero-order valence-electron chi connectivity index (χ0n) is 17.8. The second kappa shape index (κ2) is 8.80. The van der Waals surface area contributed by atoms with Crippen molar-refractivity contribution in [3.8, 4) is 17.0 Å². The summed E-state index contributed by atoms with van der Waals surface area (Å²) in [6.45, 7) is 5.54. The summed E-state index contributed by atoms with van der Waals surface area (Å²) in [4.78, 5) is 8.63. The van der Waals surface area contributed by atoms with Crippen molar-refractivity contribution in [2.45, 2.75) is 38.8 Å². The Morgan fingerprint density at radius 3 is 2.15 bits per heavy atom. The second-order valence-electron chi connectivity index (χ2n) is 8.12. The molecular weight excluding hydrogens is 450 g/mol. The molecule has 0 saturated carbocycles. The Balaban J connectivity index is 2.01. The molecule has 176 valence electrons. The van der Waals surface area contributed by atoms with E-state index in [1.807, 2.05) is 20.8 Å². The Kier molecular flexibility index (Phi) is 6.44. The smallest absolute Gasteiger partial charge is 0.406 e. The van der Waals surface area contributed by atoms with Crippen LogP contribution < -0.4 is 15.4 Å². The Bertz CT molecular complexity index is 1120. The number of hydrogen-bond acceptors (Lipinski definition) is 5. The van der Waals surface area contributed by atoms with Crippen molar-refractivity contribution in [1.82, 2.24) is 9.97 Å². The molecule has 0 radical (unpaired) electrons. The summed E-state index contributed by atoms with van der Waals surface area (Å²) in [5.41, 5.74) is -0.646. The molecule has 2 N–H and O–H groups in total. The van der Waals surface area contributed by atoms with Crippen LogP contribution in [0.2, 0.25) is 0 Å². The van der Waals surface area contributed by atoms with E-state index in [1.54, 1.807) is 0 Å². The van der Waals surface area contributed by atoms with Gasteiger partial charge in [0.15, 0.2) is 0 Å². The first kappa shape index (κ1) is 24.1. The normalized spacial score (nSPS) is 12.4. The molecule has 11 heteroatoms. The summed E-state index contributed by atoms with van der Waals surface area (Å²) < 4.78 is 80.9. The lowest BCUT2D eigenvalue weighted by Gasteiger charge is -2.21. The molecule has 0 aliphatic heterocycles. The molecule has 1 heterocycles. The van der Waals surface area contributed by atoms with E-state index in [2.05, 4.69) is 25.3 Å². The third-order valence-electron chi connectivity index (χ3n) is 4.04. The largest absolute Gasteiger partial charge is 0.573 e. The van der Waals surface area contributed by atoms with Crippen LogP contribution in [0.15, 0.2) is 54.6 Å². The van der Waals surface area contributed by atoms with Gasteiger partial charge in [-0.2, -0.15) is 18.2 Å². The van der Waals surface area contributed by atoms with Crippen molar-refractivity contribution in [3.05, 3.63) is 60.2 Å². The Morgan fingerprint density at radius 2 is 1.52 bits per heavy atom. The molecule has 0 amide bonds. The van der Waals surface area contributed by atoms with Gasteiger partial charge in [-0.3, -0.25) is 0 Å². The predicted molar refractivity (Wildman–Crippen MR) is 112 cm³/mol. The number of benzene rings is 2. The van der Waals surface area contributed by atoms with E-state index in [9.17, 15) is 26.3 Å². The van der Waals surface area contributed by atoms with Gasteiger partial charge in [0, 0.05) is 22.9 Å². The number of hydrogen-bond donors (Lipinski definition) is 2. The van der Waals surface area contributed by atoms with Gasteiger partial charge in [0.1, 0.15) is 11.6 Å². The molecular formula is C22H20F6N4O. The average Bonchev–Trinajstić information content (AvgIpc) is 2.65. The predicted octanol–water partition coefficient (Wildman–Crippen LogP) is 7.02. The number of nitrogens with one attached hydrogen (secondary N) is 2. The van der Waals surface area contributed by atoms with Gasteiger partial charge >= 0.3 is 12.5 Å². The number of halogens is 6. The number of aromatic nitrogens is 2. The van der Waals surface area contributed by atoms with Crippen LogP contribution in [0.25, 0.3) is 11.3 Å². The van der Waals surface area contributed by atoms with Crippen LogP contribution in [0.3, 0.4) is 0 Å². The first-order valence-corrected chi connectivity index (χ1v) is 9.66. The van der Waals surface area contributed by atoms with Crippen molar-refractivity contribution >= 4 is 17.5 Å². The minimum atomic E-state index is -4.86. The summed E-state index contributed by atoms with van der Waals surface area (Å²) in [7, 11) is 0. The SMILES string of the molecule is CC(C)(C)Nc1nc(Nc2cccc(C(F)(F)F)c2)cc(-c2cccc(OC(F)(F)F)c2)n1. The third-order valence-corrected chi connectivity index (χ3v) is 4.04. The molecule has 0 aliphatic rings. The van der Waals surface area contributed by atoms with E-state index < -0.39 is 29.4 Å². The lowest BCUT2D eigenvalue weighted by Crippen LogP contribution is -2.27. The number of alkyl halides is 6. The van der Waals surface area contributed by atoms with Gasteiger partial charge in [-0.05, 0) is 51.1 Å². The molecule has 0 bridgehead atoms. The van der Waals surface area contributed by atoms with Crippen molar-refractivity contribution < 1.29 is 31.1 Å². The van der Waals surface area contributed by atoms with Gasteiger partial charge in [-0.1, -0.05) is 18.2 Å². The zero-order chi connectivity index (χ0) is 24.4. The Labute approximate surface area is 185 Å². The lowest BCUT2D eigenvalue weighted by atomic mass is 10.1. The molecule has 0 spiro atoms. The van der Waals surface area contributed by atoms with Gasteiger partial charge in [0.05, 0.1) is 11.3 Å².